The standard InChI is InChI=1S/C10H11IN2O2/c11-8-4-6-2-1-3-9(12)7(6)5-10(8)13(14)15/h4-5,9H,1-3,12H2. The molecule has 1 unspecified atom stereocenters. The number of aryl methyl sites for hydroxylation is 1. The Kier molecular flexibility index (Phi) is 2.92. The molecule has 5 heteroatoms. The van der Waals surface area contributed by atoms with Crippen LogP contribution in [0, 0.1) is 13.7 Å². The van der Waals surface area contributed by atoms with Crippen LogP contribution in [0.4, 0.5) is 5.69 Å². The maximum absolute atomic E-state index is 10.8. The van der Waals surface area contributed by atoms with Crippen molar-refractivity contribution >= 4 is 28.3 Å². The number of fused-ring (bicyclic) bond motifs is 1. The van der Waals surface area contributed by atoms with Gasteiger partial charge in [0.1, 0.15) is 0 Å². The first-order valence-electron chi connectivity index (χ1n) is 4.82. The van der Waals surface area contributed by atoms with Crippen LogP contribution >= 0.6 is 22.6 Å². The van der Waals surface area contributed by atoms with E-state index in [0.29, 0.717) is 3.57 Å². The van der Waals surface area contributed by atoms with E-state index in [-0.39, 0.29) is 16.7 Å². The highest BCUT2D eigenvalue weighted by atomic mass is 127. The fraction of sp³-hybridized carbons (Fsp3) is 0.400. The van der Waals surface area contributed by atoms with Crippen molar-refractivity contribution in [2.75, 3.05) is 0 Å². The van der Waals surface area contributed by atoms with Crippen molar-refractivity contribution in [1.29, 1.82) is 0 Å². The highest BCUT2D eigenvalue weighted by Crippen LogP contribution is 2.33. The van der Waals surface area contributed by atoms with E-state index < -0.39 is 0 Å². The van der Waals surface area contributed by atoms with Crippen molar-refractivity contribution in [2.24, 2.45) is 5.73 Å². The zero-order valence-electron chi connectivity index (χ0n) is 8.07. The van der Waals surface area contributed by atoms with Crippen LogP contribution in [0.2, 0.25) is 0 Å². The molecule has 2 N–H and O–H groups in total. The summed E-state index contributed by atoms with van der Waals surface area (Å²) in [6.45, 7) is 0. The smallest absolute Gasteiger partial charge is 0.282 e. The molecule has 0 amide bonds. The van der Waals surface area contributed by atoms with Crippen molar-refractivity contribution in [3.63, 3.8) is 0 Å². The normalized spacial score (nSPS) is 19.7. The molecular formula is C10H11IN2O2. The van der Waals surface area contributed by atoms with Crippen LogP contribution in [0.15, 0.2) is 12.1 Å². The number of benzene rings is 1. The molecule has 1 aliphatic carbocycles. The highest BCUT2D eigenvalue weighted by molar-refractivity contribution is 14.1. The molecule has 0 aliphatic heterocycles. The number of halogens is 1. The molecule has 0 spiro atoms. The maximum atomic E-state index is 10.8. The highest BCUT2D eigenvalue weighted by Gasteiger charge is 2.22. The predicted octanol–water partition coefficient (Wildman–Crippen LogP) is 2.54. The molecule has 0 saturated carbocycles. The average molecular weight is 318 g/mol. The lowest BCUT2D eigenvalue weighted by molar-refractivity contribution is -0.385. The molecule has 0 fully saturated rings. The van der Waals surface area contributed by atoms with E-state index in [2.05, 4.69) is 0 Å². The van der Waals surface area contributed by atoms with Crippen LogP contribution in [0.25, 0.3) is 0 Å². The molecule has 1 aromatic rings. The van der Waals surface area contributed by atoms with Gasteiger partial charge in [0, 0.05) is 12.1 Å². The molecule has 4 nitrogen and oxygen atoms in total. The molecule has 0 heterocycles. The Balaban J connectivity index is 2.55. The van der Waals surface area contributed by atoms with Crippen LogP contribution in [0.1, 0.15) is 30.0 Å². The summed E-state index contributed by atoms with van der Waals surface area (Å²) >= 11 is 2.01. The molecule has 1 atom stereocenters. The molecule has 1 aliphatic rings. The van der Waals surface area contributed by atoms with E-state index in [4.69, 9.17) is 5.73 Å². The third-order valence-electron chi connectivity index (χ3n) is 2.77. The van der Waals surface area contributed by atoms with Crippen molar-refractivity contribution in [1.82, 2.24) is 0 Å². The summed E-state index contributed by atoms with van der Waals surface area (Å²) in [4.78, 5) is 10.4. The van der Waals surface area contributed by atoms with E-state index in [1.165, 1.54) is 5.56 Å². The van der Waals surface area contributed by atoms with Gasteiger partial charge in [0.15, 0.2) is 0 Å². The molecule has 0 saturated heterocycles. The van der Waals surface area contributed by atoms with Crippen LogP contribution < -0.4 is 5.73 Å². The van der Waals surface area contributed by atoms with E-state index >= 15 is 0 Å². The number of hydrogen-bond donors (Lipinski definition) is 1. The average Bonchev–Trinajstić information content (AvgIpc) is 2.16. The lowest BCUT2D eigenvalue weighted by Crippen LogP contribution is -2.17. The number of nitrogens with zero attached hydrogens (tertiary/aromatic N) is 1. The van der Waals surface area contributed by atoms with Crippen LogP contribution in [0.3, 0.4) is 0 Å². The van der Waals surface area contributed by atoms with Gasteiger partial charge in [0.2, 0.25) is 0 Å². The number of nitro groups is 1. The quantitative estimate of drug-likeness (QED) is 0.491. The van der Waals surface area contributed by atoms with E-state index in [9.17, 15) is 10.1 Å². The zero-order valence-corrected chi connectivity index (χ0v) is 10.2. The van der Waals surface area contributed by atoms with Gasteiger partial charge in [-0.1, -0.05) is 0 Å². The van der Waals surface area contributed by atoms with Crippen LogP contribution in [0.5, 0.6) is 0 Å². The van der Waals surface area contributed by atoms with Crippen molar-refractivity contribution in [3.05, 3.63) is 36.9 Å². The second-order valence-corrected chi connectivity index (χ2v) is 4.92. The Morgan fingerprint density at radius 1 is 1.53 bits per heavy atom. The van der Waals surface area contributed by atoms with Gasteiger partial charge in [-0.25, -0.2) is 0 Å². The van der Waals surface area contributed by atoms with Crippen LogP contribution in [-0.4, -0.2) is 4.92 Å². The Morgan fingerprint density at radius 3 is 2.93 bits per heavy atom. The number of nitrogens with two attached hydrogens (primary N) is 1. The number of nitro benzene ring substituents is 1. The number of rotatable bonds is 1. The van der Waals surface area contributed by atoms with Gasteiger partial charge in [-0.15, -0.1) is 0 Å². The third kappa shape index (κ3) is 1.98. The Bertz CT molecular complexity index is 420. The van der Waals surface area contributed by atoms with Gasteiger partial charge in [0.05, 0.1) is 8.49 Å². The van der Waals surface area contributed by atoms with Gasteiger partial charge in [-0.05, 0) is 59.0 Å². The second-order valence-electron chi connectivity index (χ2n) is 3.76. The maximum Gasteiger partial charge on any atom is 0.282 e. The van der Waals surface area contributed by atoms with Crippen molar-refractivity contribution in [2.45, 2.75) is 25.3 Å². The summed E-state index contributed by atoms with van der Waals surface area (Å²) in [6.07, 6.45) is 2.98. The minimum atomic E-state index is -0.344. The second kappa shape index (κ2) is 4.05. The molecule has 1 aromatic carbocycles. The molecule has 0 aromatic heterocycles. The molecule has 0 radical (unpaired) electrons. The van der Waals surface area contributed by atoms with E-state index in [1.807, 2.05) is 28.7 Å². The summed E-state index contributed by atoms with van der Waals surface area (Å²) in [5.74, 6) is 0. The molecule has 0 bridgehead atoms. The molecule has 80 valence electrons. The number of hydrogen-bond acceptors (Lipinski definition) is 3. The minimum absolute atomic E-state index is 0.0375. The van der Waals surface area contributed by atoms with Crippen LogP contribution in [-0.2, 0) is 6.42 Å². The molecule has 2 rings (SSSR count). The molecular weight excluding hydrogens is 307 g/mol. The Hall–Kier alpha value is -0.690. The minimum Gasteiger partial charge on any atom is -0.324 e. The lowest BCUT2D eigenvalue weighted by Gasteiger charge is -2.22. The first-order valence-corrected chi connectivity index (χ1v) is 5.89. The monoisotopic (exact) mass is 318 g/mol. The van der Waals surface area contributed by atoms with E-state index in [1.54, 1.807) is 6.07 Å². The SMILES string of the molecule is NC1CCCc2cc(I)c([N+](=O)[O-])cc21. The van der Waals surface area contributed by atoms with Gasteiger partial charge in [-0.3, -0.25) is 10.1 Å². The predicted molar refractivity (Wildman–Crippen MR) is 65.7 cm³/mol. The summed E-state index contributed by atoms with van der Waals surface area (Å²) in [7, 11) is 0. The largest absolute Gasteiger partial charge is 0.324 e. The van der Waals surface area contributed by atoms with Gasteiger partial charge < -0.3 is 5.73 Å². The topological polar surface area (TPSA) is 69.2 Å². The first kappa shape index (κ1) is 10.8. The summed E-state index contributed by atoms with van der Waals surface area (Å²) < 4.78 is 0.699. The summed E-state index contributed by atoms with van der Waals surface area (Å²) in [5, 5.41) is 10.8. The Labute approximate surface area is 101 Å². The van der Waals surface area contributed by atoms with Gasteiger partial charge in [0.25, 0.3) is 5.69 Å². The zero-order chi connectivity index (χ0) is 11.0. The van der Waals surface area contributed by atoms with Crippen molar-refractivity contribution in [3.8, 4) is 0 Å². The lowest BCUT2D eigenvalue weighted by atomic mass is 9.88. The van der Waals surface area contributed by atoms with Gasteiger partial charge in [-0.2, -0.15) is 0 Å². The summed E-state index contributed by atoms with van der Waals surface area (Å²) in [5.41, 5.74) is 8.24. The third-order valence-corrected chi connectivity index (χ3v) is 3.63. The summed E-state index contributed by atoms with van der Waals surface area (Å²) in [6, 6.07) is 3.50. The van der Waals surface area contributed by atoms with Crippen molar-refractivity contribution < 1.29 is 4.92 Å². The fourth-order valence-corrected chi connectivity index (χ4v) is 2.72. The van der Waals surface area contributed by atoms with E-state index in [0.717, 1.165) is 24.8 Å². The first-order chi connectivity index (χ1) is 7.09. The fourth-order valence-electron chi connectivity index (χ4n) is 1.99. The Morgan fingerprint density at radius 2 is 2.27 bits per heavy atom. The van der Waals surface area contributed by atoms with Gasteiger partial charge >= 0.3 is 0 Å². The molecule has 15 heavy (non-hydrogen) atoms.